The van der Waals surface area contributed by atoms with Gasteiger partial charge in [0.15, 0.2) is 11.5 Å². The van der Waals surface area contributed by atoms with Crippen molar-refractivity contribution in [2.45, 2.75) is 37.6 Å². The molecule has 1 N–H and O–H groups in total. The van der Waals surface area contributed by atoms with Crippen LogP contribution in [0.25, 0.3) is 0 Å². The third-order valence-corrected chi connectivity index (χ3v) is 7.55. The molecule has 10 heteroatoms. The monoisotopic (exact) mass is 447 g/mol. The van der Waals surface area contributed by atoms with Crippen molar-refractivity contribution in [2.75, 3.05) is 25.2 Å². The Morgan fingerprint density at radius 2 is 1.97 bits per heavy atom. The molecule has 0 spiro atoms. The van der Waals surface area contributed by atoms with Crippen LogP contribution in [0.5, 0.6) is 11.5 Å². The highest BCUT2D eigenvalue weighted by molar-refractivity contribution is 7.89. The Kier molecular flexibility index (Phi) is 5.76. The Hall–Kier alpha value is -2.85. The Morgan fingerprint density at radius 1 is 1.19 bits per heavy atom. The normalized spacial score (nSPS) is 19.7. The van der Waals surface area contributed by atoms with E-state index in [4.69, 9.17) is 9.47 Å². The molecule has 0 bridgehead atoms. The van der Waals surface area contributed by atoms with E-state index in [1.54, 1.807) is 6.07 Å². The Morgan fingerprint density at radius 3 is 2.71 bits per heavy atom. The number of nitro benzene ring substituents is 1. The van der Waals surface area contributed by atoms with E-state index >= 15 is 0 Å². The van der Waals surface area contributed by atoms with Gasteiger partial charge in [-0.05, 0) is 55.5 Å². The molecular formula is C21H25N3O6S. The first-order valence-corrected chi connectivity index (χ1v) is 11.6. The fourth-order valence-electron chi connectivity index (χ4n) is 3.96. The highest BCUT2D eigenvalue weighted by Gasteiger charge is 2.31. The first kappa shape index (κ1) is 21.4. The van der Waals surface area contributed by atoms with Gasteiger partial charge in [-0.3, -0.25) is 10.1 Å². The van der Waals surface area contributed by atoms with E-state index in [0.717, 1.165) is 24.5 Å². The van der Waals surface area contributed by atoms with Crippen LogP contribution in [0.2, 0.25) is 0 Å². The lowest BCUT2D eigenvalue weighted by Crippen LogP contribution is -2.39. The predicted molar refractivity (Wildman–Crippen MR) is 115 cm³/mol. The van der Waals surface area contributed by atoms with Crippen molar-refractivity contribution in [3.63, 3.8) is 0 Å². The van der Waals surface area contributed by atoms with Crippen molar-refractivity contribution in [3.8, 4) is 11.5 Å². The highest BCUT2D eigenvalue weighted by Crippen LogP contribution is 2.36. The van der Waals surface area contributed by atoms with Crippen LogP contribution in [0, 0.1) is 16.0 Å². The average Bonchev–Trinajstić information content (AvgIpc) is 3.21. The minimum atomic E-state index is -3.78. The number of nitrogens with one attached hydrogen (secondary N) is 1. The maximum absolute atomic E-state index is 13.0. The van der Waals surface area contributed by atoms with Gasteiger partial charge in [0.25, 0.3) is 5.69 Å². The second-order valence-corrected chi connectivity index (χ2v) is 9.96. The molecule has 0 unspecified atom stereocenters. The summed E-state index contributed by atoms with van der Waals surface area (Å²) in [5, 5.41) is 14.8. The summed E-state index contributed by atoms with van der Waals surface area (Å²) in [6, 6.07) is 9.22. The summed E-state index contributed by atoms with van der Waals surface area (Å²) in [5.41, 5.74) is 0.831. The number of benzene rings is 2. The average molecular weight is 448 g/mol. The minimum absolute atomic E-state index is 0.0606. The van der Waals surface area contributed by atoms with Crippen LogP contribution in [0.15, 0.2) is 41.3 Å². The number of fused-ring (bicyclic) bond motifs is 1. The van der Waals surface area contributed by atoms with Crippen LogP contribution in [0.1, 0.15) is 38.3 Å². The number of hydrogen-bond acceptors (Lipinski definition) is 7. The van der Waals surface area contributed by atoms with E-state index in [-0.39, 0.29) is 35.0 Å². The standard InChI is InChI=1S/C21H25N3O6S/c1-14-4-3-9-23(12-14)31(27,28)17-6-7-18(19(11-17)24(25)26)22-15(2)16-5-8-20-21(10-16)30-13-29-20/h5-8,10-11,14-15,22H,3-4,9,12-13H2,1-2H3/t14-,15+/m0/s1. The fourth-order valence-corrected chi connectivity index (χ4v) is 5.58. The smallest absolute Gasteiger partial charge is 0.293 e. The fraction of sp³-hybridized carbons (Fsp3) is 0.429. The molecule has 0 amide bonds. The summed E-state index contributed by atoms with van der Waals surface area (Å²) >= 11 is 0. The van der Waals surface area contributed by atoms with Crippen molar-refractivity contribution in [1.82, 2.24) is 4.31 Å². The van der Waals surface area contributed by atoms with E-state index in [0.29, 0.717) is 24.6 Å². The highest BCUT2D eigenvalue weighted by atomic mass is 32.2. The van der Waals surface area contributed by atoms with Crippen molar-refractivity contribution in [1.29, 1.82) is 0 Å². The summed E-state index contributed by atoms with van der Waals surface area (Å²) < 4.78 is 38.2. The first-order valence-electron chi connectivity index (χ1n) is 10.2. The lowest BCUT2D eigenvalue weighted by Gasteiger charge is -2.30. The third kappa shape index (κ3) is 4.31. The maximum Gasteiger partial charge on any atom is 0.293 e. The molecule has 2 aromatic rings. The van der Waals surface area contributed by atoms with E-state index in [1.807, 2.05) is 26.0 Å². The molecule has 0 saturated carbocycles. The number of ether oxygens (including phenoxy) is 2. The van der Waals surface area contributed by atoms with Crippen LogP contribution < -0.4 is 14.8 Å². The number of rotatable bonds is 6. The third-order valence-electron chi connectivity index (χ3n) is 5.69. The first-order chi connectivity index (χ1) is 14.8. The van der Waals surface area contributed by atoms with E-state index < -0.39 is 14.9 Å². The van der Waals surface area contributed by atoms with Gasteiger partial charge in [0.05, 0.1) is 9.82 Å². The SMILES string of the molecule is C[C@H]1CCCN(S(=O)(=O)c2ccc(N[C@H](C)c3ccc4c(c3)OCO4)c([N+](=O)[O-])c2)C1. The van der Waals surface area contributed by atoms with Gasteiger partial charge in [-0.2, -0.15) is 4.31 Å². The summed E-state index contributed by atoms with van der Waals surface area (Å²) in [6.07, 6.45) is 1.77. The number of piperidine rings is 1. The molecule has 2 aliphatic rings. The Bertz CT molecular complexity index is 1100. The number of nitrogens with zero attached hydrogens (tertiary/aromatic N) is 2. The van der Waals surface area contributed by atoms with Crippen molar-refractivity contribution in [3.05, 3.63) is 52.1 Å². The molecule has 0 aliphatic carbocycles. The summed E-state index contributed by atoms with van der Waals surface area (Å²) in [7, 11) is -3.78. The van der Waals surface area contributed by atoms with Crippen LogP contribution in [-0.2, 0) is 10.0 Å². The Balaban J connectivity index is 1.59. The summed E-state index contributed by atoms with van der Waals surface area (Å²) in [5.74, 6) is 1.54. The molecular weight excluding hydrogens is 422 g/mol. The van der Waals surface area contributed by atoms with Crippen LogP contribution in [0.3, 0.4) is 0 Å². The molecule has 2 aliphatic heterocycles. The van der Waals surface area contributed by atoms with Gasteiger partial charge in [-0.25, -0.2) is 8.42 Å². The molecule has 0 aromatic heterocycles. The van der Waals surface area contributed by atoms with Gasteiger partial charge in [-0.1, -0.05) is 13.0 Å². The van der Waals surface area contributed by atoms with Gasteiger partial charge in [-0.15, -0.1) is 0 Å². The lowest BCUT2D eigenvalue weighted by atomic mass is 10.0. The molecule has 166 valence electrons. The zero-order valence-corrected chi connectivity index (χ0v) is 18.2. The number of anilines is 1. The van der Waals surface area contributed by atoms with E-state index in [9.17, 15) is 18.5 Å². The van der Waals surface area contributed by atoms with E-state index in [2.05, 4.69) is 5.32 Å². The largest absolute Gasteiger partial charge is 0.454 e. The predicted octanol–water partition coefficient (Wildman–Crippen LogP) is 3.92. The minimum Gasteiger partial charge on any atom is -0.454 e. The van der Waals surface area contributed by atoms with Gasteiger partial charge < -0.3 is 14.8 Å². The second kappa shape index (κ2) is 8.35. The molecule has 1 fully saturated rings. The van der Waals surface area contributed by atoms with Crippen LogP contribution >= 0.6 is 0 Å². The molecule has 31 heavy (non-hydrogen) atoms. The summed E-state index contributed by atoms with van der Waals surface area (Å²) in [4.78, 5) is 11.1. The summed E-state index contributed by atoms with van der Waals surface area (Å²) in [6.45, 7) is 4.90. The number of sulfonamides is 1. The van der Waals surface area contributed by atoms with Crippen molar-refractivity contribution < 1.29 is 22.8 Å². The van der Waals surface area contributed by atoms with Crippen molar-refractivity contribution >= 4 is 21.4 Å². The van der Waals surface area contributed by atoms with Crippen LogP contribution in [0.4, 0.5) is 11.4 Å². The quantitative estimate of drug-likeness (QED) is 0.528. The zero-order chi connectivity index (χ0) is 22.2. The van der Waals surface area contributed by atoms with Crippen molar-refractivity contribution in [2.24, 2.45) is 5.92 Å². The zero-order valence-electron chi connectivity index (χ0n) is 17.4. The molecule has 1 saturated heterocycles. The number of hydrogen-bond donors (Lipinski definition) is 1. The molecule has 0 radical (unpaired) electrons. The molecule has 9 nitrogen and oxygen atoms in total. The van der Waals surface area contributed by atoms with Gasteiger partial charge in [0.1, 0.15) is 5.69 Å². The van der Waals surface area contributed by atoms with Crippen LogP contribution in [-0.4, -0.2) is 37.5 Å². The Labute approximate surface area is 181 Å². The molecule has 2 aromatic carbocycles. The van der Waals surface area contributed by atoms with E-state index in [1.165, 1.54) is 16.4 Å². The molecule has 4 rings (SSSR count). The van der Waals surface area contributed by atoms with Gasteiger partial charge in [0.2, 0.25) is 16.8 Å². The second-order valence-electron chi connectivity index (χ2n) is 8.03. The molecule has 2 atom stereocenters. The molecule has 2 heterocycles. The lowest BCUT2D eigenvalue weighted by molar-refractivity contribution is -0.384. The number of nitro groups is 1. The maximum atomic E-state index is 13.0. The topological polar surface area (TPSA) is 111 Å². The van der Waals surface area contributed by atoms with Gasteiger partial charge in [0, 0.05) is 25.2 Å². The van der Waals surface area contributed by atoms with Gasteiger partial charge >= 0.3 is 0 Å².